The van der Waals surface area contributed by atoms with Crippen molar-refractivity contribution in [2.24, 2.45) is 5.14 Å². The summed E-state index contributed by atoms with van der Waals surface area (Å²) in [6.07, 6.45) is 0.918. The van der Waals surface area contributed by atoms with E-state index in [1.807, 2.05) is 0 Å². The Morgan fingerprint density at radius 3 is 2.25 bits per heavy atom. The standard InChI is InChI=1S/C7H9FN2O4S2/c1-15(11,12)5-2-3-6(8)7(4-5)10-16(9,13)14/h2-4,10H,1H3,(H2,9,13,14). The van der Waals surface area contributed by atoms with Gasteiger partial charge < -0.3 is 0 Å². The predicted octanol–water partition coefficient (Wildman–Crippen LogP) is -0.155. The molecular weight excluding hydrogens is 259 g/mol. The quantitative estimate of drug-likeness (QED) is 0.743. The highest BCUT2D eigenvalue weighted by Gasteiger charge is 2.13. The summed E-state index contributed by atoms with van der Waals surface area (Å²) in [6.45, 7) is 0. The van der Waals surface area contributed by atoms with Crippen LogP contribution in [0.3, 0.4) is 0 Å². The number of hydrogen-bond acceptors (Lipinski definition) is 4. The molecule has 90 valence electrons. The van der Waals surface area contributed by atoms with Gasteiger partial charge >= 0.3 is 0 Å². The molecule has 0 bridgehead atoms. The topological polar surface area (TPSA) is 106 Å². The molecule has 6 nitrogen and oxygen atoms in total. The second-order valence-corrected chi connectivity index (χ2v) is 6.37. The van der Waals surface area contributed by atoms with Crippen LogP contribution in [0.4, 0.5) is 10.1 Å². The van der Waals surface area contributed by atoms with Crippen molar-refractivity contribution in [3.05, 3.63) is 24.0 Å². The first-order valence-electron chi connectivity index (χ1n) is 3.90. The molecule has 1 rings (SSSR count). The van der Waals surface area contributed by atoms with Crippen molar-refractivity contribution in [1.29, 1.82) is 0 Å². The summed E-state index contributed by atoms with van der Waals surface area (Å²) in [4.78, 5) is -0.208. The first kappa shape index (κ1) is 12.9. The van der Waals surface area contributed by atoms with E-state index in [9.17, 15) is 21.2 Å². The molecule has 9 heteroatoms. The monoisotopic (exact) mass is 268 g/mol. The maximum atomic E-state index is 13.1. The minimum atomic E-state index is -4.15. The highest BCUT2D eigenvalue weighted by molar-refractivity contribution is 7.91. The van der Waals surface area contributed by atoms with Gasteiger partial charge in [0.15, 0.2) is 9.84 Å². The molecule has 0 heterocycles. The van der Waals surface area contributed by atoms with Gasteiger partial charge in [-0.1, -0.05) is 0 Å². The fourth-order valence-electron chi connectivity index (χ4n) is 0.967. The summed E-state index contributed by atoms with van der Waals surface area (Å²) in [5.74, 6) is -0.915. The molecule has 3 N–H and O–H groups in total. The second-order valence-electron chi connectivity index (χ2n) is 3.06. The van der Waals surface area contributed by atoms with Crippen molar-refractivity contribution in [2.45, 2.75) is 4.90 Å². The van der Waals surface area contributed by atoms with Crippen molar-refractivity contribution in [3.63, 3.8) is 0 Å². The molecule has 0 aliphatic carbocycles. The number of anilines is 1. The largest absolute Gasteiger partial charge is 0.296 e. The van der Waals surface area contributed by atoms with E-state index >= 15 is 0 Å². The van der Waals surface area contributed by atoms with E-state index in [2.05, 4.69) is 5.14 Å². The molecule has 0 radical (unpaired) electrons. The molecule has 0 amide bonds. The lowest BCUT2D eigenvalue weighted by Crippen LogP contribution is -2.22. The van der Waals surface area contributed by atoms with Crippen molar-refractivity contribution in [3.8, 4) is 0 Å². The maximum absolute atomic E-state index is 13.1. The van der Waals surface area contributed by atoms with Gasteiger partial charge in [0.1, 0.15) is 5.82 Å². The summed E-state index contributed by atoms with van der Waals surface area (Å²) in [7, 11) is -7.69. The van der Waals surface area contributed by atoms with Gasteiger partial charge in [0.05, 0.1) is 10.6 Å². The molecule has 16 heavy (non-hydrogen) atoms. The molecule has 1 aromatic rings. The Morgan fingerprint density at radius 2 is 1.81 bits per heavy atom. The van der Waals surface area contributed by atoms with Crippen LogP contribution in [0.15, 0.2) is 23.1 Å². The molecule has 0 saturated carbocycles. The number of nitrogens with one attached hydrogen (secondary N) is 1. The zero-order valence-electron chi connectivity index (χ0n) is 8.14. The highest BCUT2D eigenvalue weighted by atomic mass is 32.2. The van der Waals surface area contributed by atoms with Gasteiger partial charge in [-0.3, -0.25) is 4.72 Å². The van der Waals surface area contributed by atoms with E-state index in [-0.39, 0.29) is 4.90 Å². The average molecular weight is 268 g/mol. The van der Waals surface area contributed by atoms with Gasteiger partial charge in [-0.05, 0) is 18.2 Å². The Bertz CT molecular complexity index is 609. The van der Waals surface area contributed by atoms with Crippen LogP contribution in [0, 0.1) is 5.82 Å². The Hall–Kier alpha value is -1.19. The Morgan fingerprint density at radius 1 is 1.25 bits per heavy atom. The Balaban J connectivity index is 3.31. The van der Waals surface area contributed by atoms with Crippen LogP contribution in [0.5, 0.6) is 0 Å². The van der Waals surface area contributed by atoms with E-state index in [1.54, 1.807) is 4.72 Å². The van der Waals surface area contributed by atoms with Crippen LogP contribution in [0.1, 0.15) is 0 Å². The molecule has 0 spiro atoms. The summed E-state index contributed by atoms with van der Waals surface area (Å²) in [5, 5.41) is 4.64. The number of hydrogen-bond donors (Lipinski definition) is 2. The molecule has 0 unspecified atom stereocenters. The van der Waals surface area contributed by atoms with E-state index in [4.69, 9.17) is 0 Å². The van der Waals surface area contributed by atoms with Gasteiger partial charge in [0.25, 0.3) is 10.2 Å². The lowest BCUT2D eigenvalue weighted by atomic mass is 10.3. The molecule has 0 aliphatic rings. The first-order chi connectivity index (χ1) is 7.09. The number of benzene rings is 1. The van der Waals surface area contributed by atoms with Crippen LogP contribution < -0.4 is 9.86 Å². The number of halogens is 1. The maximum Gasteiger partial charge on any atom is 0.296 e. The lowest BCUT2D eigenvalue weighted by molar-refractivity contribution is 0.596. The zero-order chi connectivity index (χ0) is 12.6. The minimum absolute atomic E-state index is 0.208. The van der Waals surface area contributed by atoms with Gasteiger partial charge in [-0.15, -0.1) is 0 Å². The summed E-state index contributed by atoms with van der Waals surface area (Å²) < 4.78 is 58.4. The summed E-state index contributed by atoms with van der Waals surface area (Å²) >= 11 is 0. The molecule has 0 fully saturated rings. The van der Waals surface area contributed by atoms with Crippen LogP contribution in [0.25, 0.3) is 0 Å². The third kappa shape index (κ3) is 3.43. The van der Waals surface area contributed by atoms with Crippen LogP contribution in [-0.2, 0) is 20.0 Å². The average Bonchev–Trinajstić information content (AvgIpc) is 2.04. The smallest absolute Gasteiger partial charge is 0.268 e. The van der Waals surface area contributed by atoms with Crippen LogP contribution in [0.2, 0.25) is 0 Å². The number of rotatable bonds is 3. The Kier molecular flexibility index (Phi) is 3.22. The van der Waals surface area contributed by atoms with Crippen molar-refractivity contribution in [2.75, 3.05) is 11.0 Å². The zero-order valence-corrected chi connectivity index (χ0v) is 9.77. The first-order valence-corrected chi connectivity index (χ1v) is 7.33. The van der Waals surface area contributed by atoms with E-state index < -0.39 is 31.6 Å². The lowest BCUT2D eigenvalue weighted by Gasteiger charge is -2.06. The summed E-state index contributed by atoms with van der Waals surface area (Å²) in [5.41, 5.74) is -0.509. The van der Waals surface area contributed by atoms with Crippen LogP contribution >= 0.6 is 0 Å². The van der Waals surface area contributed by atoms with Crippen molar-refractivity contribution >= 4 is 25.7 Å². The van der Waals surface area contributed by atoms with Crippen molar-refractivity contribution in [1.82, 2.24) is 0 Å². The van der Waals surface area contributed by atoms with Gasteiger partial charge in [-0.2, -0.15) is 8.42 Å². The fourth-order valence-corrected chi connectivity index (χ4v) is 2.08. The minimum Gasteiger partial charge on any atom is -0.268 e. The normalized spacial score (nSPS) is 12.4. The van der Waals surface area contributed by atoms with Crippen LogP contribution in [-0.4, -0.2) is 23.1 Å². The summed E-state index contributed by atoms with van der Waals surface area (Å²) in [6, 6.07) is 2.72. The number of nitrogens with two attached hydrogens (primary N) is 1. The Labute approximate surface area is 92.4 Å². The molecule has 0 aliphatic heterocycles. The van der Waals surface area contributed by atoms with Gasteiger partial charge in [0.2, 0.25) is 0 Å². The number of sulfone groups is 1. The third-order valence-corrected chi connectivity index (χ3v) is 3.23. The molecule has 1 aromatic carbocycles. The predicted molar refractivity (Wildman–Crippen MR) is 56.2 cm³/mol. The molecular formula is C7H9FN2O4S2. The van der Waals surface area contributed by atoms with Gasteiger partial charge in [0, 0.05) is 6.26 Å². The van der Waals surface area contributed by atoms with E-state index in [1.165, 1.54) is 0 Å². The second kappa shape index (κ2) is 4.00. The molecule has 0 atom stereocenters. The van der Waals surface area contributed by atoms with Gasteiger partial charge in [-0.25, -0.2) is 17.9 Å². The third-order valence-electron chi connectivity index (χ3n) is 1.62. The molecule has 0 saturated heterocycles. The fraction of sp³-hybridized carbons (Fsp3) is 0.143. The van der Waals surface area contributed by atoms with E-state index in [0.29, 0.717) is 0 Å². The van der Waals surface area contributed by atoms with E-state index in [0.717, 1.165) is 24.5 Å². The van der Waals surface area contributed by atoms with Crippen molar-refractivity contribution < 1.29 is 21.2 Å². The SMILES string of the molecule is CS(=O)(=O)c1ccc(F)c(NS(N)(=O)=O)c1. The highest BCUT2D eigenvalue weighted by Crippen LogP contribution is 2.19. The molecule has 0 aromatic heterocycles.